The fraction of sp³-hybridized carbons (Fsp3) is 0. The third-order valence-electron chi connectivity index (χ3n) is 2.74. The van der Waals surface area contributed by atoms with Gasteiger partial charge in [-0.15, -0.1) is 0 Å². The van der Waals surface area contributed by atoms with Crippen LogP contribution in [-0.2, 0) is 9.84 Å². The molecule has 2 heterocycles. The van der Waals surface area contributed by atoms with Crippen LogP contribution in [0.4, 0.5) is 0 Å². The third kappa shape index (κ3) is 1.12. The molecule has 6 nitrogen and oxygen atoms in total. The van der Waals surface area contributed by atoms with Crippen molar-refractivity contribution >= 4 is 15.6 Å². The molecule has 1 aliphatic rings. The molecule has 0 spiro atoms. The normalized spacial score (nSPS) is 15.6. The van der Waals surface area contributed by atoms with Crippen molar-refractivity contribution in [2.75, 3.05) is 0 Å². The summed E-state index contributed by atoms with van der Waals surface area (Å²) in [4.78, 5) is 11.7. The summed E-state index contributed by atoms with van der Waals surface area (Å²) >= 11 is 0. The number of carbonyl (C=O) groups excluding carboxylic acids is 1. The van der Waals surface area contributed by atoms with Gasteiger partial charge in [0.2, 0.25) is 15.6 Å². The molecule has 0 amide bonds. The Morgan fingerprint density at radius 3 is 2.72 bits per heavy atom. The molecule has 2 aromatic rings. The second-order valence-electron chi connectivity index (χ2n) is 3.72. The fourth-order valence-electron chi connectivity index (χ4n) is 1.96. The highest BCUT2D eigenvalue weighted by molar-refractivity contribution is 7.91. The van der Waals surface area contributed by atoms with E-state index in [0.29, 0.717) is 0 Å². The number of hydrogen-bond donors (Lipinski definition) is 1. The summed E-state index contributed by atoms with van der Waals surface area (Å²) in [5, 5.41) is 14.7. The Morgan fingerprint density at radius 2 is 2.00 bits per heavy atom. The first-order valence-corrected chi connectivity index (χ1v) is 6.43. The summed E-state index contributed by atoms with van der Waals surface area (Å²) < 4.78 is 24.6. The van der Waals surface area contributed by atoms with Crippen molar-refractivity contribution in [1.29, 1.82) is 5.26 Å². The largest absolute Gasteiger partial charge is 0.287 e. The molecule has 0 aliphatic carbocycles. The van der Waals surface area contributed by atoms with Crippen LogP contribution in [0.2, 0.25) is 0 Å². The van der Waals surface area contributed by atoms with Crippen molar-refractivity contribution in [1.82, 2.24) is 10.2 Å². The Balaban J connectivity index is 2.48. The van der Waals surface area contributed by atoms with Crippen molar-refractivity contribution in [3.8, 4) is 6.07 Å². The molecule has 0 fully saturated rings. The predicted molar refractivity (Wildman–Crippen MR) is 58.6 cm³/mol. The zero-order valence-electron chi connectivity index (χ0n) is 8.84. The van der Waals surface area contributed by atoms with Gasteiger partial charge >= 0.3 is 0 Å². The number of aromatic amines is 1. The van der Waals surface area contributed by atoms with Gasteiger partial charge < -0.3 is 0 Å². The van der Waals surface area contributed by atoms with E-state index in [1.165, 1.54) is 18.2 Å². The van der Waals surface area contributed by atoms with Gasteiger partial charge in [-0.25, -0.2) is 8.42 Å². The van der Waals surface area contributed by atoms with E-state index in [2.05, 4.69) is 10.2 Å². The van der Waals surface area contributed by atoms with Crippen molar-refractivity contribution < 1.29 is 13.2 Å². The average Bonchev–Trinajstić information content (AvgIpc) is 2.81. The van der Waals surface area contributed by atoms with E-state index in [1.807, 2.05) is 0 Å². The number of nitrogens with one attached hydrogen (secondary N) is 1. The van der Waals surface area contributed by atoms with Gasteiger partial charge in [-0.05, 0) is 12.1 Å². The first-order valence-electron chi connectivity index (χ1n) is 4.94. The van der Waals surface area contributed by atoms with E-state index in [9.17, 15) is 13.2 Å². The van der Waals surface area contributed by atoms with Gasteiger partial charge in [0.1, 0.15) is 16.7 Å². The average molecular weight is 259 g/mol. The molecule has 0 saturated carbocycles. The summed E-state index contributed by atoms with van der Waals surface area (Å²) in [6.07, 6.45) is 0. The lowest BCUT2D eigenvalue weighted by Crippen LogP contribution is -2.20. The molecule has 0 atom stereocenters. The van der Waals surface area contributed by atoms with E-state index >= 15 is 0 Å². The number of sulfone groups is 1. The number of benzene rings is 1. The van der Waals surface area contributed by atoms with E-state index in [4.69, 9.17) is 5.26 Å². The van der Waals surface area contributed by atoms with Crippen LogP contribution in [0.5, 0.6) is 0 Å². The SMILES string of the molecule is N#Cc1n[nH]c2c1S(=O)(=O)c1ccccc1C2=O. The minimum Gasteiger partial charge on any atom is -0.287 e. The Morgan fingerprint density at radius 1 is 1.28 bits per heavy atom. The van der Waals surface area contributed by atoms with E-state index < -0.39 is 15.6 Å². The second kappa shape index (κ2) is 3.27. The van der Waals surface area contributed by atoms with Crippen LogP contribution in [0.1, 0.15) is 21.7 Å². The Kier molecular flexibility index (Phi) is 1.94. The molecule has 0 bridgehead atoms. The van der Waals surface area contributed by atoms with Gasteiger partial charge in [0, 0.05) is 5.56 Å². The van der Waals surface area contributed by atoms with Gasteiger partial charge in [-0.2, -0.15) is 10.4 Å². The number of fused-ring (bicyclic) bond motifs is 2. The molecular formula is C11H5N3O3S. The number of H-pyrrole nitrogens is 1. The summed E-state index contributed by atoms with van der Waals surface area (Å²) in [6.45, 7) is 0. The molecule has 1 aliphatic heterocycles. The number of carbonyl (C=O) groups is 1. The maximum absolute atomic E-state index is 12.3. The molecule has 18 heavy (non-hydrogen) atoms. The van der Waals surface area contributed by atoms with E-state index in [-0.39, 0.29) is 26.7 Å². The molecule has 0 saturated heterocycles. The Hall–Kier alpha value is -2.46. The summed E-state index contributed by atoms with van der Waals surface area (Å²) in [6, 6.07) is 7.56. The van der Waals surface area contributed by atoms with Crippen molar-refractivity contribution in [2.45, 2.75) is 9.79 Å². The molecule has 3 rings (SSSR count). The lowest BCUT2D eigenvalue weighted by Gasteiger charge is -2.14. The van der Waals surface area contributed by atoms with Gasteiger partial charge in [-0.3, -0.25) is 9.89 Å². The van der Waals surface area contributed by atoms with Gasteiger partial charge in [-0.1, -0.05) is 12.1 Å². The molecule has 1 aromatic heterocycles. The first-order chi connectivity index (χ1) is 8.57. The standard InChI is InChI=1S/C11H5N3O3S/c12-5-7-11-9(14-13-7)10(15)6-3-1-2-4-8(6)18(11,16)17/h1-4H,(H,13,14). The van der Waals surface area contributed by atoms with Crippen LogP contribution >= 0.6 is 0 Å². The maximum atomic E-state index is 12.3. The number of rotatable bonds is 0. The highest BCUT2D eigenvalue weighted by Crippen LogP contribution is 2.34. The molecule has 1 N–H and O–H groups in total. The molecule has 0 unspecified atom stereocenters. The summed E-state index contributed by atoms with van der Waals surface area (Å²) in [5.74, 6) is -0.468. The number of nitriles is 1. The molecular weight excluding hydrogens is 254 g/mol. The zero-order chi connectivity index (χ0) is 12.9. The smallest absolute Gasteiger partial charge is 0.213 e. The molecule has 88 valence electrons. The van der Waals surface area contributed by atoms with Crippen molar-refractivity contribution in [3.63, 3.8) is 0 Å². The topological polar surface area (TPSA) is 104 Å². The van der Waals surface area contributed by atoms with Crippen molar-refractivity contribution in [2.24, 2.45) is 0 Å². The first kappa shape index (κ1) is 10.7. The van der Waals surface area contributed by atoms with Gasteiger partial charge in [0.05, 0.1) is 4.90 Å². The minimum absolute atomic E-state index is 0.0830. The Labute approximate surface area is 102 Å². The van der Waals surface area contributed by atoms with Gasteiger partial charge in [0.15, 0.2) is 5.69 Å². The number of hydrogen-bond acceptors (Lipinski definition) is 5. The van der Waals surface area contributed by atoms with Crippen LogP contribution in [0.25, 0.3) is 0 Å². The highest BCUT2D eigenvalue weighted by Gasteiger charge is 2.39. The highest BCUT2D eigenvalue weighted by atomic mass is 32.2. The van der Waals surface area contributed by atoms with Crippen LogP contribution in [0, 0.1) is 11.3 Å². The number of aromatic nitrogens is 2. The van der Waals surface area contributed by atoms with Crippen molar-refractivity contribution in [3.05, 3.63) is 41.2 Å². The van der Waals surface area contributed by atoms with E-state index in [1.54, 1.807) is 12.1 Å². The number of nitrogens with zero attached hydrogens (tertiary/aromatic N) is 2. The minimum atomic E-state index is -3.87. The molecule has 0 radical (unpaired) electrons. The molecule has 7 heteroatoms. The monoisotopic (exact) mass is 259 g/mol. The number of ketones is 1. The lowest BCUT2D eigenvalue weighted by atomic mass is 10.1. The van der Waals surface area contributed by atoms with Crippen LogP contribution < -0.4 is 0 Å². The zero-order valence-corrected chi connectivity index (χ0v) is 9.65. The predicted octanol–water partition coefficient (Wildman–Crippen LogP) is 0.659. The van der Waals surface area contributed by atoms with Crippen LogP contribution in [0.3, 0.4) is 0 Å². The fourth-order valence-corrected chi connectivity index (χ4v) is 3.64. The summed E-state index contributed by atoms with van der Waals surface area (Å²) in [5.41, 5.74) is -0.337. The van der Waals surface area contributed by atoms with Crippen LogP contribution in [-0.4, -0.2) is 24.4 Å². The second-order valence-corrected chi connectivity index (χ2v) is 5.57. The van der Waals surface area contributed by atoms with Crippen LogP contribution in [0.15, 0.2) is 34.1 Å². The quantitative estimate of drug-likeness (QED) is 0.638. The lowest BCUT2D eigenvalue weighted by molar-refractivity contribution is 0.102. The molecule has 1 aromatic carbocycles. The maximum Gasteiger partial charge on any atom is 0.213 e. The van der Waals surface area contributed by atoms with E-state index in [0.717, 1.165) is 0 Å². The summed E-state index contributed by atoms with van der Waals surface area (Å²) in [7, 11) is -3.87. The third-order valence-corrected chi connectivity index (χ3v) is 4.61. The Bertz CT molecular complexity index is 827. The van der Waals surface area contributed by atoms with Gasteiger partial charge in [0.25, 0.3) is 0 Å².